The van der Waals surface area contributed by atoms with Gasteiger partial charge < -0.3 is 5.32 Å². The van der Waals surface area contributed by atoms with Gasteiger partial charge in [-0.25, -0.2) is 0 Å². The Balaban J connectivity index is 2.10. The molecule has 0 aromatic heterocycles. The zero-order chi connectivity index (χ0) is 10.2. The summed E-state index contributed by atoms with van der Waals surface area (Å²) < 4.78 is 0. The number of hydrazone groups is 1. The minimum atomic E-state index is 0.651. The van der Waals surface area contributed by atoms with E-state index in [1.807, 2.05) is 0 Å². The van der Waals surface area contributed by atoms with Crippen LogP contribution in [0.2, 0.25) is 0 Å². The molecule has 0 aromatic rings. The number of rotatable bonds is 4. The third-order valence-corrected chi connectivity index (χ3v) is 2.55. The van der Waals surface area contributed by atoms with E-state index in [0.717, 1.165) is 25.8 Å². The normalized spacial score (nSPS) is 15.4. The molecule has 2 N–H and O–H groups in total. The molecule has 0 heterocycles. The van der Waals surface area contributed by atoms with Gasteiger partial charge in [0.25, 0.3) is 0 Å². The lowest BCUT2D eigenvalue weighted by atomic mass is 10.3. The molecule has 1 fully saturated rings. The smallest absolute Gasteiger partial charge is 0.186 e. The van der Waals surface area contributed by atoms with Crippen molar-refractivity contribution in [3.05, 3.63) is 0 Å². The Morgan fingerprint density at radius 2 is 2.14 bits per heavy atom. The van der Waals surface area contributed by atoms with E-state index in [1.165, 1.54) is 25.0 Å². The fourth-order valence-electron chi connectivity index (χ4n) is 1.44. The van der Waals surface area contributed by atoms with Gasteiger partial charge in [-0.1, -0.05) is 13.3 Å². The molecule has 1 aliphatic carbocycles. The molecule has 0 radical (unpaired) electrons. The van der Waals surface area contributed by atoms with E-state index in [9.17, 15) is 0 Å². The van der Waals surface area contributed by atoms with Crippen LogP contribution in [0.4, 0.5) is 0 Å². The molecule has 0 saturated heterocycles. The summed E-state index contributed by atoms with van der Waals surface area (Å²) in [4.78, 5) is 0. The third-order valence-electron chi connectivity index (χ3n) is 2.31. The number of nitrogens with one attached hydrogen (secondary N) is 2. The van der Waals surface area contributed by atoms with Gasteiger partial charge in [-0.15, -0.1) is 0 Å². The highest BCUT2D eigenvalue weighted by molar-refractivity contribution is 7.80. The molecule has 0 atom stereocenters. The van der Waals surface area contributed by atoms with Gasteiger partial charge in [0.1, 0.15) is 0 Å². The molecule has 0 aromatic carbocycles. The van der Waals surface area contributed by atoms with Crippen molar-refractivity contribution < 1.29 is 0 Å². The monoisotopic (exact) mass is 213 g/mol. The molecular weight excluding hydrogens is 194 g/mol. The van der Waals surface area contributed by atoms with Crippen LogP contribution in [0, 0.1) is 0 Å². The van der Waals surface area contributed by atoms with Gasteiger partial charge in [0.15, 0.2) is 5.11 Å². The molecule has 0 amide bonds. The van der Waals surface area contributed by atoms with Crippen molar-refractivity contribution in [1.29, 1.82) is 0 Å². The van der Waals surface area contributed by atoms with E-state index in [-0.39, 0.29) is 0 Å². The van der Waals surface area contributed by atoms with Crippen LogP contribution in [0.5, 0.6) is 0 Å². The summed E-state index contributed by atoms with van der Waals surface area (Å²) in [5.74, 6) is 0. The summed E-state index contributed by atoms with van der Waals surface area (Å²) in [6.45, 7) is 3.10. The van der Waals surface area contributed by atoms with E-state index in [0.29, 0.717) is 5.11 Å². The average molecular weight is 213 g/mol. The van der Waals surface area contributed by atoms with E-state index >= 15 is 0 Å². The summed E-state index contributed by atoms with van der Waals surface area (Å²) >= 11 is 5.07. The maximum Gasteiger partial charge on any atom is 0.186 e. The van der Waals surface area contributed by atoms with Crippen LogP contribution in [-0.2, 0) is 0 Å². The van der Waals surface area contributed by atoms with Gasteiger partial charge in [0, 0.05) is 12.3 Å². The topological polar surface area (TPSA) is 36.4 Å². The van der Waals surface area contributed by atoms with Gasteiger partial charge in [0.2, 0.25) is 0 Å². The zero-order valence-corrected chi connectivity index (χ0v) is 9.62. The van der Waals surface area contributed by atoms with Crippen molar-refractivity contribution in [1.82, 2.24) is 10.7 Å². The summed E-state index contributed by atoms with van der Waals surface area (Å²) in [6.07, 6.45) is 7.14. The lowest BCUT2D eigenvalue weighted by molar-refractivity contribution is 0.744. The number of thiocarbonyl (C=S) groups is 1. The molecule has 0 spiro atoms. The van der Waals surface area contributed by atoms with Crippen molar-refractivity contribution in [2.45, 2.75) is 45.4 Å². The van der Waals surface area contributed by atoms with Gasteiger partial charge in [-0.2, -0.15) is 5.10 Å². The van der Waals surface area contributed by atoms with Crippen molar-refractivity contribution >= 4 is 23.0 Å². The Kier molecular flexibility index (Phi) is 5.52. The molecule has 4 heteroatoms. The van der Waals surface area contributed by atoms with Crippen molar-refractivity contribution in [3.63, 3.8) is 0 Å². The SMILES string of the molecule is CCCCNC(=S)NN=C1CCCC1. The molecule has 80 valence electrons. The number of hydrogen-bond donors (Lipinski definition) is 2. The molecule has 0 unspecified atom stereocenters. The molecule has 1 saturated carbocycles. The minimum absolute atomic E-state index is 0.651. The van der Waals surface area contributed by atoms with Crippen LogP contribution in [0.1, 0.15) is 45.4 Å². The molecule has 14 heavy (non-hydrogen) atoms. The largest absolute Gasteiger partial charge is 0.361 e. The van der Waals surface area contributed by atoms with Crippen molar-refractivity contribution in [3.8, 4) is 0 Å². The quantitative estimate of drug-likeness (QED) is 0.427. The lowest BCUT2D eigenvalue weighted by Crippen LogP contribution is -2.33. The van der Waals surface area contributed by atoms with E-state index in [2.05, 4.69) is 22.8 Å². The highest BCUT2D eigenvalue weighted by Gasteiger charge is 2.07. The maximum absolute atomic E-state index is 5.07. The number of nitrogens with zero attached hydrogens (tertiary/aromatic N) is 1. The van der Waals surface area contributed by atoms with Crippen LogP contribution in [0.15, 0.2) is 5.10 Å². The second-order valence-corrected chi connectivity index (χ2v) is 4.01. The summed E-state index contributed by atoms with van der Waals surface area (Å²) in [7, 11) is 0. The van der Waals surface area contributed by atoms with Crippen LogP contribution in [-0.4, -0.2) is 17.4 Å². The van der Waals surface area contributed by atoms with Crippen LogP contribution < -0.4 is 10.7 Å². The molecule has 3 nitrogen and oxygen atoms in total. The number of hydrogen-bond acceptors (Lipinski definition) is 2. The predicted molar refractivity (Wildman–Crippen MR) is 64.5 cm³/mol. The standard InChI is InChI=1S/C10H19N3S/c1-2-3-8-11-10(14)13-12-9-6-4-5-7-9/h2-8H2,1H3,(H2,11,13,14). The fraction of sp³-hybridized carbons (Fsp3) is 0.800. The lowest BCUT2D eigenvalue weighted by Gasteiger charge is -2.06. The Labute approximate surface area is 91.3 Å². The average Bonchev–Trinajstić information content (AvgIpc) is 2.68. The van der Waals surface area contributed by atoms with Crippen LogP contribution in [0.3, 0.4) is 0 Å². The number of unbranched alkanes of at least 4 members (excludes halogenated alkanes) is 1. The first-order chi connectivity index (χ1) is 6.83. The van der Waals surface area contributed by atoms with E-state index < -0.39 is 0 Å². The molecule has 0 bridgehead atoms. The summed E-state index contributed by atoms with van der Waals surface area (Å²) in [5.41, 5.74) is 4.15. The molecule has 1 rings (SSSR count). The summed E-state index contributed by atoms with van der Waals surface area (Å²) in [6, 6.07) is 0. The van der Waals surface area contributed by atoms with Gasteiger partial charge in [-0.05, 0) is 44.3 Å². The summed E-state index contributed by atoms with van der Waals surface area (Å²) in [5, 5.41) is 8.04. The Bertz CT molecular complexity index is 205. The molecule has 1 aliphatic rings. The van der Waals surface area contributed by atoms with Gasteiger partial charge in [-0.3, -0.25) is 5.43 Å². The highest BCUT2D eigenvalue weighted by Crippen LogP contribution is 2.13. The Hall–Kier alpha value is -0.640. The zero-order valence-electron chi connectivity index (χ0n) is 8.81. The van der Waals surface area contributed by atoms with Gasteiger partial charge >= 0.3 is 0 Å². The fourth-order valence-corrected chi connectivity index (χ4v) is 1.59. The molecule has 0 aliphatic heterocycles. The van der Waals surface area contributed by atoms with E-state index in [1.54, 1.807) is 0 Å². The van der Waals surface area contributed by atoms with E-state index in [4.69, 9.17) is 12.2 Å². The Morgan fingerprint density at radius 3 is 2.79 bits per heavy atom. The maximum atomic E-state index is 5.07. The first-order valence-corrected chi connectivity index (χ1v) is 5.83. The second-order valence-electron chi connectivity index (χ2n) is 3.61. The molecular formula is C10H19N3S. The first kappa shape index (κ1) is 11.4. The van der Waals surface area contributed by atoms with Crippen molar-refractivity contribution in [2.75, 3.05) is 6.54 Å². The van der Waals surface area contributed by atoms with Crippen LogP contribution in [0.25, 0.3) is 0 Å². The highest BCUT2D eigenvalue weighted by atomic mass is 32.1. The first-order valence-electron chi connectivity index (χ1n) is 5.42. The van der Waals surface area contributed by atoms with Crippen molar-refractivity contribution in [2.24, 2.45) is 5.10 Å². The Morgan fingerprint density at radius 1 is 1.43 bits per heavy atom. The third kappa shape index (κ3) is 4.56. The predicted octanol–water partition coefficient (Wildman–Crippen LogP) is 2.18. The van der Waals surface area contributed by atoms with Gasteiger partial charge in [0.05, 0.1) is 0 Å². The van der Waals surface area contributed by atoms with Crippen LogP contribution >= 0.6 is 12.2 Å². The minimum Gasteiger partial charge on any atom is -0.361 e. The second kappa shape index (κ2) is 6.76.